The number of hydrogen-bond donors (Lipinski definition) is 1. The van der Waals surface area contributed by atoms with Crippen LogP contribution in [0.25, 0.3) is 0 Å². The van der Waals surface area contributed by atoms with Gasteiger partial charge in [0.15, 0.2) is 0 Å². The van der Waals surface area contributed by atoms with Crippen LogP contribution >= 0.6 is 0 Å². The van der Waals surface area contributed by atoms with Crippen molar-refractivity contribution >= 4 is 17.3 Å². The second kappa shape index (κ2) is 7.57. The fourth-order valence-electron chi connectivity index (χ4n) is 2.42. The largest absolute Gasteiger partial charge is 0.369 e. The molecule has 25 heavy (non-hydrogen) atoms. The Balaban J connectivity index is 1.65. The molecule has 1 heterocycles. The van der Waals surface area contributed by atoms with E-state index in [1.165, 1.54) is 29.8 Å². The van der Waals surface area contributed by atoms with Crippen LogP contribution in [0.1, 0.15) is 16.1 Å². The van der Waals surface area contributed by atoms with Crippen molar-refractivity contribution in [3.05, 3.63) is 90.0 Å². The summed E-state index contributed by atoms with van der Waals surface area (Å²) in [6, 6.07) is 19.3. The van der Waals surface area contributed by atoms with Gasteiger partial charge < -0.3 is 10.2 Å². The number of pyridine rings is 1. The molecule has 1 amide bonds. The number of carbonyl (C=O) groups is 1. The molecule has 0 unspecified atom stereocenters. The van der Waals surface area contributed by atoms with E-state index in [9.17, 15) is 9.18 Å². The fraction of sp³-hybridized carbons (Fsp3) is 0.100. The molecular weight excluding hydrogens is 317 g/mol. The van der Waals surface area contributed by atoms with Gasteiger partial charge >= 0.3 is 0 Å². The average Bonchev–Trinajstić information content (AvgIpc) is 2.64. The Morgan fingerprint density at radius 1 is 1.04 bits per heavy atom. The van der Waals surface area contributed by atoms with Crippen LogP contribution in [-0.2, 0) is 6.54 Å². The van der Waals surface area contributed by atoms with Crippen LogP contribution in [0.2, 0.25) is 0 Å². The van der Waals surface area contributed by atoms with Crippen molar-refractivity contribution in [1.29, 1.82) is 0 Å². The van der Waals surface area contributed by atoms with Crippen molar-refractivity contribution in [2.45, 2.75) is 6.54 Å². The van der Waals surface area contributed by atoms with E-state index in [-0.39, 0.29) is 11.7 Å². The summed E-state index contributed by atoms with van der Waals surface area (Å²) >= 11 is 0. The number of anilines is 2. The van der Waals surface area contributed by atoms with Crippen molar-refractivity contribution in [3.63, 3.8) is 0 Å². The molecule has 0 aliphatic heterocycles. The SMILES string of the molecule is CN(Cc1ccccc1)c1ccc(C(=O)Nc2ccc(F)cc2)nc1. The van der Waals surface area contributed by atoms with Crippen molar-refractivity contribution in [2.75, 3.05) is 17.3 Å². The number of halogens is 1. The standard InChI is InChI=1S/C20H18FN3O/c1-24(14-15-5-3-2-4-6-15)18-11-12-19(22-13-18)20(25)23-17-9-7-16(21)8-10-17/h2-13H,14H2,1H3,(H,23,25). The molecule has 0 radical (unpaired) electrons. The summed E-state index contributed by atoms with van der Waals surface area (Å²) < 4.78 is 12.9. The first kappa shape index (κ1) is 16.6. The number of rotatable bonds is 5. The average molecular weight is 335 g/mol. The molecule has 0 fully saturated rings. The maximum Gasteiger partial charge on any atom is 0.274 e. The summed E-state index contributed by atoms with van der Waals surface area (Å²) in [7, 11) is 1.97. The van der Waals surface area contributed by atoms with Gasteiger partial charge in [0.25, 0.3) is 5.91 Å². The third-order valence-corrected chi connectivity index (χ3v) is 3.79. The van der Waals surface area contributed by atoms with E-state index in [1.54, 1.807) is 12.3 Å². The first-order valence-corrected chi connectivity index (χ1v) is 7.90. The Bertz CT molecular complexity index is 833. The lowest BCUT2D eigenvalue weighted by Crippen LogP contribution is -2.18. The second-order valence-electron chi connectivity index (χ2n) is 5.70. The zero-order valence-corrected chi connectivity index (χ0v) is 13.8. The quantitative estimate of drug-likeness (QED) is 0.763. The van der Waals surface area contributed by atoms with Crippen molar-refractivity contribution < 1.29 is 9.18 Å². The van der Waals surface area contributed by atoms with Gasteiger partial charge in [0, 0.05) is 19.3 Å². The van der Waals surface area contributed by atoms with E-state index in [2.05, 4.69) is 27.3 Å². The highest BCUT2D eigenvalue weighted by molar-refractivity contribution is 6.02. The third kappa shape index (κ3) is 4.41. The Labute approximate surface area is 145 Å². The number of hydrogen-bond acceptors (Lipinski definition) is 3. The number of amides is 1. The first-order valence-electron chi connectivity index (χ1n) is 7.90. The highest BCUT2D eigenvalue weighted by atomic mass is 19.1. The highest BCUT2D eigenvalue weighted by Crippen LogP contribution is 2.16. The summed E-state index contributed by atoms with van der Waals surface area (Å²) in [5, 5.41) is 2.69. The van der Waals surface area contributed by atoms with Crippen LogP contribution in [-0.4, -0.2) is 17.9 Å². The predicted octanol–water partition coefficient (Wildman–Crippen LogP) is 4.11. The lowest BCUT2D eigenvalue weighted by Gasteiger charge is -2.19. The predicted molar refractivity (Wildman–Crippen MR) is 97.1 cm³/mol. The van der Waals surface area contributed by atoms with Gasteiger partial charge in [-0.05, 0) is 42.0 Å². The molecular formula is C20H18FN3O. The van der Waals surface area contributed by atoms with Crippen LogP contribution < -0.4 is 10.2 Å². The number of benzene rings is 2. The van der Waals surface area contributed by atoms with E-state index in [1.807, 2.05) is 31.3 Å². The molecule has 2 aromatic carbocycles. The zero-order chi connectivity index (χ0) is 17.6. The molecule has 0 saturated carbocycles. The molecule has 0 aliphatic rings. The Morgan fingerprint density at radius 3 is 2.40 bits per heavy atom. The summed E-state index contributed by atoms with van der Waals surface area (Å²) in [6.07, 6.45) is 1.67. The topological polar surface area (TPSA) is 45.2 Å². The van der Waals surface area contributed by atoms with Gasteiger partial charge in [0.05, 0.1) is 11.9 Å². The molecule has 0 bridgehead atoms. The van der Waals surface area contributed by atoms with Gasteiger partial charge in [-0.15, -0.1) is 0 Å². The molecule has 0 saturated heterocycles. The van der Waals surface area contributed by atoms with Gasteiger partial charge in [-0.1, -0.05) is 30.3 Å². The molecule has 4 nitrogen and oxygen atoms in total. The minimum Gasteiger partial charge on any atom is -0.369 e. The van der Waals surface area contributed by atoms with Gasteiger partial charge in [-0.3, -0.25) is 4.79 Å². The Kier molecular flexibility index (Phi) is 5.04. The van der Waals surface area contributed by atoms with E-state index in [0.29, 0.717) is 11.4 Å². The van der Waals surface area contributed by atoms with Gasteiger partial charge in [0.2, 0.25) is 0 Å². The Morgan fingerprint density at radius 2 is 1.76 bits per heavy atom. The molecule has 3 aromatic rings. The summed E-state index contributed by atoms with van der Waals surface area (Å²) in [4.78, 5) is 18.5. The molecule has 1 N–H and O–H groups in total. The van der Waals surface area contributed by atoms with E-state index in [4.69, 9.17) is 0 Å². The number of nitrogens with one attached hydrogen (secondary N) is 1. The molecule has 0 aliphatic carbocycles. The second-order valence-corrected chi connectivity index (χ2v) is 5.70. The van der Waals surface area contributed by atoms with Gasteiger partial charge in [-0.25, -0.2) is 9.37 Å². The van der Waals surface area contributed by atoms with Crippen molar-refractivity contribution in [1.82, 2.24) is 4.98 Å². The highest BCUT2D eigenvalue weighted by Gasteiger charge is 2.09. The van der Waals surface area contributed by atoms with E-state index in [0.717, 1.165) is 12.2 Å². The van der Waals surface area contributed by atoms with Gasteiger partial charge in [-0.2, -0.15) is 0 Å². The van der Waals surface area contributed by atoms with Crippen molar-refractivity contribution in [2.24, 2.45) is 0 Å². The molecule has 3 rings (SSSR count). The lowest BCUT2D eigenvalue weighted by atomic mass is 10.2. The monoisotopic (exact) mass is 335 g/mol. The normalized spacial score (nSPS) is 10.3. The fourth-order valence-corrected chi connectivity index (χ4v) is 2.42. The van der Waals surface area contributed by atoms with Crippen LogP contribution in [0, 0.1) is 5.82 Å². The van der Waals surface area contributed by atoms with Crippen LogP contribution in [0.4, 0.5) is 15.8 Å². The molecule has 126 valence electrons. The summed E-state index contributed by atoms with van der Waals surface area (Å²) in [5.74, 6) is -0.675. The maximum absolute atomic E-state index is 12.9. The van der Waals surface area contributed by atoms with Gasteiger partial charge in [0.1, 0.15) is 11.5 Å². The van der Waals surface area contributed by atoms with Crippen LogP contribution in [0.3, 0.4) is 0 Å². The zero-order valence-electron chi connectivity index (χ0n) is 13.8. The molecule has 0 atom stereocenters. The van der Waals surface area contributed by atoms with Crippen LogP contribution in [0.15, 0.2) is 72.9 Å². The van der Waals surface area contributed by atoms with E-state index >= 15 is 0 Å². The minimum atomic E-state index is -0.345. The smallest absolute Gasteiger partial charge is 0.274 e. The molecule has 5 heteroatoms. The van der Waals surface area contributed by atoms with E-state index < -0.39 is 0 Å². The van der Waals surface area contributed by atoms with Crippen LogP contribution in [0.5, 0.6) is 0 Å². The molecule has 0 spiro atoms. The first-order chi connectivity index (χ1) is 12.1. The number of nitrogens with zero attached hydrogens (tertiary/aromatic N) is 2. The summed E-state index contributed by atoms with van der Waals surface area (Å²) in [6.45, 7) is 0.754. The number of aromatic nitrogens is 1. The third-order valence-electron chi connectivity index (χ3n) is 3.79. The number of carbonyl (C=O) groups excluding carboxylic acids is 1. The maximum atomic E-state index is 12.9. The van der Waals surface area contributed by atoms with Crippen molar-refractivity contribution in [3.8, 4) is 0 Å². The molecule has 1 aromatic heterocycles. The lowest BCUT2D eigenvalue weighted by molar-refractivity contribution is 0.102. The Hall–Kier alpha value is -3.21. The summed E-state index contributed by atoms with van der Waals surface area (Å²) in [5.41, 5.74) is 2.95. The minimum absolute atomic E-state index is 0.307.